The topological polar surface area (TPSA) is 247 Å². The number of rotatable bonds is 20. The van der Waals surface area contributed by atoms with Gasteiger partial charge < -0.3 is 55.1 Å². The van der Waals surface area contributed by atoms with Crippen LogP contribution >= 0.6 is 0 Å². The van der Waals surface area contributed by atoms with E-state index in [4.69, 9.17) is 5.21 Å². The summed E-state index contributed by atoms with van der Waals surface area (Å²) in [5, 5.41) is 25.1. The molecule has 4 heterocycles. The largest absolute Gasteiger partial charge is 0.354 e. The van der Waals surface area contributed by atoms with Gasteiger partial charge in [0.25, 0.3) is 23.6 Å². The summed E-state index contributed by atoms with van der Waals surface area (Å²) in [6.07, 6.45) is 9.81. The van der Waals surface area contributed by atoms with Crippen molar-refractivity contribution in [2.24, 2.45) is 28.2 Å². The second-order valence-corrected chi connectivity index (χ2v) is 14.1. The summed E-state index contributed by atoms with van der Waals surface area (Å²) >= 11 is 0. The Kier molecular flexibility index (Phi) is 15.6. The summed E-state index contributed by atoms with van der Waals surface area (Å²) in [5.74, 6) is -2.95. The summed E-state index contributed by atoms with van der Waals surface area (Å²) in [7, 11) is 10.6. The number of anilines is 4. The molecule has 0 saturated heterocycles. The van der Waals surface area contributed by atoms with E-state index in [0.29, 0.717) is 47.7 Å². The zero-order valence-corrected chi connectivity index (χ0v) is 33.5. The van der Waals surface area contributed by atoms with Crippen molar-refractivity contribution in [3.63, 3.8) is 0 Å². The molecule has 0 unspecified atom stereocenters. The van der Waals surface area contributed by atoms with Gasteiger partial charge in [-0.25, -0.2) is 5.48 Å². The number of aryl methyl sites for hydroxylation is 4. The van der Waals surface area contributed by atoms with Crippen molar-refractivity contribution >= 4 is 64.1 Å². The second kappa shape index (κ2) is 20.5. The summed E-state index contributed by atoms with van der Waals surface area (Å²) in [6.45, 7) is 1.31. The third-order valence-electron chi connectivity index (χ3n) is 8.87. The highest BCUT2D eigenvalue weighted by Gasteiger charge is 2.20. The second-order valence-electron chi connectivity index (χ2n) is 14.1. The Morgan fingerprint density at radius 3 is 1.59 bits per heavy atom. The molecule has 0 radical (unpaired) electrons. The molecule has 0 aliphatic rings. The van der Waals surface area contributed by atoms with E-state index in [2.05, 4.69) is 31.9 Å². The maximum atomic E-state index is 13.2. The molecule has 4 rings (SSSR count). The van der Waals surface area contributed by atoms with Crippen molar-refractivity contribution in [2.75, 3.05) is 55.0 Å². The maximum Gasteiger partial charge on any atom is 0.272 e. The minimum atomic E-state index is -0.523. The van der Waals surface area contributed by atoms with Crippen LogP contribution < -0.4 is 37.4 Å². The molecule has 20 heteroatoms. The van der Waals surface area contributed by atoms with Crippen LogP contribution in [0.4, 0.5) is 22.7 Å². The Balaban J connectivity index is 1.23. The first-order valence-corrected chi connectivity index (χ1v) is 18.6. The quantitative estimate of drug-likeness (QED) is 0.0369. The Hall–Kier alpha value is -6.67. The normalized spacial score (nSPS) is 10.9. The predicted octanol–water partition coefficient (Wildman–Crippen LogP) is 1.99. The van der Waals surface area contributed by atoms with Crippen molar-refractivity contribution < 1.29 is 38.8 Å². The molecule has 4 aromatic heterocycles. The highest BCUT2D eigenvalue weighted by atomic mass is 16.5. The Bertz CT molecular complexity index is 2140. The van der Waals surface area contributed by atoms with Crippen molar-refractivity contribution in [3.8, 4) is 0 Å². The molecular formula is C38H52N12O8. The van der Waals surface area contributed by atoms with Crippen LogP contribution in [0.5, 0.6) is 0 Å². The van der Waals surface area contributed by atoms with Gasteiger partial charge in [-0.1, -0.05) is 0 Å². The lowest BCUT2D eigenvalue weighted by molar-refractivity contribution is -0.129. The highest BCUT2D eigenvalue weighted by molar-refractivity contribution is 6.09. The van der Waals surface area contributed by atoms with Gasteiger partial charge in [0.1, 0.15) is 17.1 Å². The van der Waals surface area contributed by atoms with Crippen LogP contribution in [-0.4, -0.2) is 103 Å². The predicted molar refractivity (Wildman–Crippen MR) is 216 cm³/mol. The van der Waals surface area contributed by atoms with E-state index in [1.54, 1.807) is 78.4 Å². The monoisotopic (exact) mass is 804 g/mol. The molecule has 0 aliphatic carbocycles. The van der Waals surface area contributed by atoms with Gasteiger partial charge in [0, 0.05) is 91.5 Å². The van der Waals surface area contributed by atoms with E-state index >= 15 is 0 Å². The van der Waals surface area contributed by atoms with Crippen molar-refractivity contribution in [1.82, 2.24) is 39.3 Å². The van der Waals surface area contributed by atoms with Crippen LogP contribution in [0.3, 0.4) is 0 Å². The molecule has 0 aliphatic heterocycles. The molecular weight excluding hydrogens is 752 g/mol. The van der Waals surface area contributed by atoms with Gasteiger partial charge >= 0.3 is 0 Å². The Labute approximate surface area is 335 Å². The molecule has 312 valence electrons. The first kappa shape index (κ1) is 44.0. The van der Waals surface area contributed by atoms with Gasteiger partial charge in [0.05, 0.1) is 28.3 Å². The van der Waals surface area contributed by atoms with Crippen molar-refractivity contribution in [2.45, 2.75) is 38.5 Å². The van der Waals surface area contributed by atoms with Crippen LogP contribution in [-0.2, 0) is 42.6 Å². The summed E-state index contributed by atoms with van der Waals surface area (Å²) < 4.78 is 6.30. The molecule has 7 amide bonds. The van der Waals surface area contributed by atoms with Gasteiger partial charge in [-0.05, 0) is 58.1 Å². The molecule has 58 heavy (non-hydrogen) atoms. The number of aromatic nitrogens is 4. The van der Waals surface area contributed by atoms with E-state index in [9.17, 15) is 33.6 Å². The van der Waals surface area contributed by atoms with E-state index in [1.165, 1.54) is 22.8 Å². The fourth-order valence-electron chi connectivity index (χ4n) is 5.97. The number of hydroxylamine groups is 1. The van der Waals surface area contributed by atoms with Crippen LogP contribution in [0.15, 0.2) is 49.2 Å². The average molecular weight is 805 g/mol. The van der Waals surface area contributed by atoms with Crippen LogP contribution in [0.1, 0.15) is 80.3 Å². The number of unbranched alkanes of at least 4 members (excludes halogenated alkanes) is 1. The molecule has 0 spiro atoms. The molecule has 8 N–H and O–H groups in total. The van der Waals surface area contributed by atoms with Crippen molar-refractivity contribution in [3.05, 3.63) is 71.8 Å². The van der Waals surface area contributed by atoms with Gasteiger partial charge in [0.2, 0.25) is 17.7 Å². The number of hydrogen-bond acceptors (Lipinski definition) is 9. The number of carbonyl (C=O) groups excluding carboxylic acids is 7. The van der Waals surface area contributed by atoms with E-state index in [1.807, 2.05) is 19.0 Å². The maximum absolute atomic E-state index is 13.2. The summed E-state index contributed by atoms with van der Waals surface area (Å²) in [4.78, 5) is 90.3. The average Bonchev–Trinajstić information content (AvgIpc) is 3.92. The van der Waals surface area contributed by atoms with Gasteiger partial charge in [-0.3, -0.25) is 38.8 Å². The number of nitrogens with zero attached hydrogens (tertiary/aromatic N) is 5. The highest BCUT2D eigenvalue weighted by Crippen LogP contribution is 2.21. The molecule has 0 bridgehead atoms. The first-order chi connectivity index (χ1) is 27.5. The smallest absolute Gasteiger partial charge is 0.272 e. The lowest BCUT2D eigenvalue weighted by Crippen LogP contribution is -2.28. The lowest BCUT2D eigenvalue weighted by atomic mass is 10.2. The van der Waals surface area contributed by atoms with Crippen LogP contribution in [0.2, 0.25) is 0 Å². The summed E-state index contributed by atoms with van der Waals surface area (Å²) in [6, 6.07) is 4.51. The standard InChI is InChI=1S/C38H52N12O8/c1-46(2)15-9-13-39-35(54)27-22-47(3)23-28(27)44-38(57)31-17-25(20-50(31)6)42-33(52)12-14-40-36(55)29-18-26(21-48(29)4)43-37(56)30-16-24(19-49(30)5)41-32(51)10-7-8-11-34(53)45-58/h16-23,58H,7-15H2,1-6H3,(H,39,54)(H,40,55)(H,41,51)(H,42,52)(H,43,56)(H,44,57)(H,45,53). The zero-order valence-electron chi connectivity index (χ0n) is 33.5. The third kappa shape index (κ3) is 12.7. The lowest BCUT2D eigenvalue weighted by Gasteiger charge is -2.10. The number of hydrogen-bond donors (Lipinski definition) is 8. The summed E-state index contributed by atoms with van der Waals surface area (Å²) in [5.41, 5.74) is 4.06. The van der Waals surface area contributed by atoms with Gasteiger partial charge in [-0.15, -0.1) is 0 Å². The Morgan fingerprint density at radius 2 is 1.03 bits per heavy atom. The first-order valence-electron chi connectivity index (χ1n) is 18.6. The minimum Gasteiger partial charge on any atom is -0.354 e. The number of carbonyl (C=O) groups is 7. The number of amides is 7. The fraction of sp³-hybridized carbons (Fsp3) is 0.395. The molecule has 20 nitrogen and oxygen atoms in total. The van der Waals surface area contributed by atoms with Gasteiger partial charge in [-0.2, -0.15) is 0 Å². The molecule has 0 saturated carbocycles. The molecule has 0 fully saturated rings. The van der Waals surface area contributed by atoms with Crippen LogP contribution in [0.25, 0.3) is 0 Å². The Morgan fingerprint density at radius 1 is 0.552 bits per heavy atom. The fourth-order valence-corrected chi connectivity index (χ4v) is 5.97. The zero-order chi connectivity index (χ0) is 42.5. The van der Waals surface area contributed by atoms with E-state index < -0.39 is 29.5 Å². The van der Waals surface area contributed by atoms with Gasteiger partial charge in [0.15, 0.2) is 0 Å². The van der Waals surface area contributed by atoms with E-state index in [0.717, 1.165) is 13.0 Å². The van der Waals surface area contributed by atoms with E-state index in [-0.39, 0.29) is 54.7 Å². The molecule has 0 atom stereocenters. The van der Waals surface area contributed by atoms with Crippen LogP contribution in [0, 0.1) is 0 Å². The molecule has 0 aromatic carbocycles. The number of nitrogens with one attached hydrogen (secondary N) is 7. The van der Waals surface area contributed by atoms with Crippen molar-refractivity contribution in [1.29, 1.82) is 0 Å². The SMILES string of the molecule is CN(C)CCCNC(=O)c1cn(C)cc1NC(=O)c1cc(NC(=O)CCNC(=O)c2cc(NC(=O)c3cc(NC(=O)CCCCC(=O)NO)cn3C)cn2C)cn1C. The molecule has 4 aromatic rings. The minimum absolute atomic E-state index is 0.00154. The third-order valence-corrected chi connectivity index (χ3v) is 8.87.